The molecule has 2 N–H and O–H groups in total. The molecule has 1 saturated carbocycles. The summed E-state index contributed by atoms with van der Waals surface area (Å²) in [4.78, 5) is 0. The SMILES string of the molecule is CCOC(C)(CCN)CC1CCCC1. The van der Waals surface area contributed by atoms with Crippen molar-refractivity contribution in [1.82, 2.24) is 0 Å². The van der Waals surface area contributed by atoms with E-state index in [1.54, 1.807) is 0 Å². The highest BCUT2D eigenvalue weighted by molar-refractivity contribution is 4.81. The van der Waals surface area contributed by atoms with E-state index < -0.39 is 0 Å². The highest BCUT2D eigenvalue weighted by Gasteiger charge is 2.29. The minimum atomic E-state index is 0.0402. The molecule has 0 spiro atoms. The van der Waals surface area contributed by atoms with Gasteiger partial charge in [0.15, 0.2) is 0 Å². The molecular formula is C12H25NO. The molecule has 1 aliphatic rings. The molecule has 0 saturated heterocycles. The van der Waals surface area contributed by atoms with Crippen LogP contribution in [0.2, 0.25) is 0 Å². The predicted molar refractivity (Wildman–Crippen MR) is 60.3 cm³/mol. The molecule has 2 nitrogen and oxygen atoms in total. The van der Waals surface area contributed by atoms with Crippen LogP contribution in [0.5, 0.6) is 0 Å². The van der Waals surface area contributed by atoms with Gasteiger partial charge in [0.05, 0.1) is 5.60 Å². The number of nitrogens with two attached hydrogens (primary N) is 1. The van der Waals surface area contributed by atoms with Crippen LogP contribution < -0.4 is 5.73 Å². The van der Waals surface area contributed by atoms with Gasteiger partial charge in [0.2, 0.25) is 0 Å². The highest BCUT2D eigenvalue weighted by atomic mass is 16.5. The van der Waals surface area contributed by atoms with E-state index in [4.69, 9.17) is 10.5 Å². The van der Waals surface area contributed by atoms with E-state index in [2.05, 4.69) is 13.8 Å². The minimum Gasteiger partial charge on any atom is -0.376 e. The minimum absolute atomic E-state index is 0.0402. The Bertz CT molecular complexity index is 146. The molecule has 1 atom stereocenters. The average Bonchev–Trinajstić information content (AvgIpc) is 2.57. The Morgan fingerprint density at radius 3 is 2.50 bits per heavy atom. The molecule has 0 radical (unpaired) electrons. The number of ether oxygens (including phenoxy) is 1. The summed E-state index contributed by atoms with van der Waals surface area (Å²) in [7, 11) is 0. The van der Waals surface area contributed by atoms with Gasteiger partial charge >= 0.3 is 0 Å². The van der Waals surface area contributed by atoms with E-state index in [1.165, 1.54) is 32.1 Å². The van der Waals surface area contributed by atoms with Gasteiger partial charge in [0.1, 0.15) is 0 Å². The molecule has 0 aromatic rings. The van der Waals surface area contributed by atoms with Gasteiger partial charge in [-0.3, -0.25) is 0 Å². The molecular weight excluding hydrogens is 174 g/mol. The monoisotopic (exact) mass is 199 g/mol. The topological polar surface area (TPSA) is 35.2 Å². The van der Waals surface area contributed by atoms with Crippen molar-refractivity contribution in [3.63, 3.8) is 0 Å². The Kier molecular flexibility index (Phi) is 4.90. The van der Waals surface area contributed by atoms with Gasteiger partial charge in [-0.1, -0.05) is 25.7 Å². The fourth-order valence-corrected chi connectivity index (χ4v) is 2.71. The highest BCUT2D eigenvalue weighted by Crippen LogP contribution is 2.34. The van der Waals surface area contributed by atoms with Gasteiger partial charge in [-0.05, 0) is 39.2 Å². The molecule has 2 heteroatoms. The van der Waals surface area contributed by atoms with Crippen molar-refractivity contribution in [3.8, 4) is 0 Å². The first kappa shape index (κ1) is 12.0. The van der Waals surface area contributed by atoms with Gasteiger partial charge < -0.3 is 10.5 Å². The van der Waals surface area contributed by atoms with Crippen LogP contribution in [-0.4, -0.2) is 18.8 Å². The van der Waals surface area contributed by atoms with Gasteiger partial charge in [0.25, 0.3) is 0 Å². The maximum absolute atomic E-state index is 5.85. The van der Waals surface area contributed by atoms with E-state index >= 15 is 0 Å². The maximum Gasteiger partial charge on any atom is 0.0669 e. The zero-order valence-electron chi connectivity index (χ0n) is 9.72. The van der Waals surface area contributed by atoms with Crippen molar-refractivity contribution in [2.45, 2.75) is 58.0 Å². The molecule has 1 fully saturated rings. The normalized spacial score (nSPS) is 22.5. The van der Waals surface area contributed by atoms with Gasteiger partial charge in [0, 0.05) is 6.61 Å². The lowest BCUT2D eigenvalue weighted by atomic mass is 9.88. The number of hydrogen-bond donors (Lipinski definition) is 1. The van der Waals surface area contributed by atoms with Crippen molar-refractivity contribution < 1.29 is 4.74 Å². The lowest BCUT2D eigenvalue weighted by molar-refractivity contribution is -0.0455. The molecule has 1 rings (SSSR count). The smallest absolute Gasteiger partial charge is 0.0669 e. The second-order valence-corrected chi connectivity index (χ2v) is 4.78. The number of rotatable bonds is 6. The Morgan fingerprint density at radius 1 is 1.36 bits per heavy atom. The first-order valence-corrected chi connectivity index (χ1v) is 6.04. The van der Waals surface area contributed by atoms with E-state index in [-0.39, 0.29) is 5.60 Å². The maximum atomic E-state index is 5.85. The van der Waals surface area contributed by atoms with Crippen molar-refractivity contribution in [2.75, 3.05) is 13.2 Å². The lowest BCUT2D eigenvalue weighted by Gasteiger charge is -2.31. The van der Waals surface area contributed by atoms with Crippen LogP contribution >= 0.6 is 0 Å². The first-order valence-electron chi connectivity index (χ1n) is 6.04. The molecule has 0 bridgehead atoms. The zero-order chi connectivity index (χ0) is 10.4. The Hall–Kier alpha value is -0.0800. The van der Waals surface area contributed by atoms with Crippen molar-refractivity contribution in [1.29, 1.82) is 0 Å². The summed E-state index contributed by atoms with van der Waals surface area (Å²) in [6.45, 7) is 5.84. The summed E-state index contributed by atoms with van der Waals surface area (Å²) in [5, 5.41) is 0. The van der Waals surface area contributed by atoms with Crippen LogP contribution in [0.4, 0.5) is 0 Å². The molecule has 0 aromatic heterocycles. The van der Waals surface area contributed by atoms with Crippen LogP contribution in [0.3, 0.4) is 0 Å². The molecule has 14 heavy (non-hydrogen) atoms. The summed E-state index contributed by atoms with van der Waals surface area (Å²) in [5.41, 5.74) is 5.68. The summed E-state index contributed by atoms with van der Waals surface area (Å²) >= 11 is 0. The second-order valence-electron chi connectivity index (χ2n) is 4.78. The first-order chi connectivity index (χ1) is 6.70. The fraction of sp³-hybridized carbons (Fsp3) is 1.00. The van der Waals surface area contributed by atoms with E-state index in [0.717, 1.165) is 25.5 Å². The fourth-order valence-electron chi connectivity index (χ4n) is 2.71. The van der Waals surface area contributed by atoms with Crippen LogP contribution in [0.1, 0.15) is 52.4 Å². The largest absolute Gasteiger partial charge is 0.376 e. The van der Waals surface area contributed by atoms with E-state index in [1.807, 2.05) is 0 Å². The summed E-state index contributed by atoms with van der Waals surface area (Å²) < 4.78 is 5.85. The van der Waals surface area contributed by atoms with Gasteiger partial charge in [-0.25, -0.2) is 0 Å². The Balaban J connectivity index is 2.39. The van der Waals surface area contributed by atoms with E-state index in [0.29, 0.717) is 0 Å². The quantitative estimate of drug-likeness (QED) is 0.714. The Morgan fingerprint density at radius 2 is 2.00 bits per heavy atom. The van der Waals surface area contributed by atoms with Crippen LogP contribution in [-0.2, 0) is 4.74 Å². The van der Waals surface area contributed by atoms with Gasteiger partial charge in [-0.2, -0.15) is 0 Å². The van der Waals surface area contributed by atoms with Crippen molar-refractivity contribution in [3.05, 3.63) is 0 Å². The molecule has 0 aromatic carbocycles. The molecule has 1 aliphatic carbocycles. The second kappa shape index (κ2) is 5.72. The predicted octanol–water partition coefficient (Wildman–Crippen LogP) is 2.71. The Labute approximate surface area is 88.2 Å². The van der Waals surface area contributed by atoms with Crippen LogP contribution in [0.15, 0.2) is 0 Å². The lowest BCUT2D eigenvalue weighted by Crippen LogP contribution is -2.33. The third-order valence-corrected chi connectivity index (χ3v) is 3.36. The molecule has 0 amide bonds. The third kappa shape index (κ3) is 3.58. The standard InChI is InChI=1S/C12H25NO/c1-3-14-12(2,8-9-13)10-11-6-4-5-7-11/h11H,3-10,13H2,1-2H3. The molecule has 1 unspecified atom stereocenters. The summed E-state index contributed by atoms with van der Waals surface area (Å²) in [5.74, 6) is 0.887. The molecule has 0 aliphatic heterocycles. The zero-order valence-corrected chi connectivity index (χ0v) is 9.72. The number of hydrogen-bond acceptors (Lipinski definition) is 2. The third-order valence-electron chi connectivity index (χ3n) is 3.36. The van der Waals surface area contributed by atoms with Crippen LogP contribution in [0, 0.1) is 5.92 Å². The molecule has 84 valence electrons. The van der Waals surface area contributed by atoms with Crippen LogP contribution in [0.25, 0.3) is 0 Å². The van der Waals surface area contributed by atoms with Crippen molar-refractivity contribution >= 4 is 0 Å². The van der Waals surface area contributed by atoms with Crippen molar-refractivity contribution in [2.24, 2.45) is 11.7 Å². The average molecular weight is 199 g/mol. The summed E-state index contributed by atoms with van der Waals surface area (Å²) in [6.07, 6.45) is 7.82. The molecule has 0 heterocycles. The summed E-state index contributed by atoms with van der Waals surface area (Å²) in [6, 6.07) is 0. The van der Waals surface area contributed by atoms with E-state index in [9.17, 15) is 0 Å². The van der Waals surface area contributed by atoms with Gasteiger partial charge in [-0.15, -0.1) is 0 Å².